The van der Waals surface area contributed by atoms with E-state index in [-0.39, 0.29) is 19.1 Å². The number of nitrogens with one attached hydrogen (secondary N) is 2. The Kier molecular flexibility index (Phi) is 4.56. The average molecular weight is 302 g/mol. The second-order valence-corrected chi connectivity index (χ2v) is 5.71. The third-order valence-corrected chi connectivity index (χ3v) is 2.57. The number of alkyl carbamates (subject to hydrolysis) is 1. The topological polar surface area (TPSA) is 76.7 Å². The van der Waals surface area contributed by atoms with Crippen LogP contribution < -0.4 is 15.4 Å². The molecule has 6 heteroatoms. The molecular weight excluding hydrogens is 284 g/mol. The van der Waals surface area contributed by atoms with Gasteiger partial charge in [-0.05, 0) is 39.0 Å². The number of rotatable bonds is 1. The molecule has 0 saturated heterocycles. The van der Waals surface area contributed by atoms with Crippen LogP contribution in [0.5, 0.6) is 5.75 Å². The molecule has 1 heterocycles. The highest BCUT2D eigenvalue weighted by atomic mass is 16.6. The predicted molar refractivity (Wildman–Crippen MR) is 81.7 cm³/mol. The molecule has 0 saturated carbocycles. The lowest BCUT2D eigenvalue weighted by molar-refractivity contribution is -0.118. The molecular formula is C16H18N2O4. The van der Waals surface area contributed by atoms with Crippen LogP contribution in [0.2, 0.25) is 0 Å². The van der Waals surface area contributed by atoms with Gasteiger partial charge in [0.1, 0.15) is 11.4 Å². The Morgan fingerprint density at radius 3 is 2.95 bits per heavy atom. The van der Waals surface area contributed by atoms with Crippen molar-refractivity contribution in [2.75, 3.05) is 18.5 Å². The number of anilines is 1. The summed E-state index contributed by atoms with van der Waals surface area (Å²) in [5.74, 6) is 6.16. The molecule has 0 spiro atoms. The zero-order chi connectivity index (χ0) is 16.2. The van der Waals surface area contributed by atoms with Crippen LogP contribution in [0.1, 0.15) is 26.3 Å². The molecule has 1 aromatic rings. The summed E-state index contributed by atoms with van der Waals surface area (Å²) in [6.45, 7) is 5.58. The van der Waals surface area contributed by atoms with E-state index < -0.39 is 11.7 Å². The van der Waals surface area contributed by atoms with Gasteiger partial charge in [0.2, 0.25) is 0 Å². The second-order valence-electron chi connectivity index (χ2n) is 5.71. The van der Waals surface area contributed by atoms with Crippen LogP contribution >= 0.6 is 0 Å². The normalized spacial score (nSPS) is 13.0. The van der Waals surface area contributed by atoms with Crippen molar-refractivity contribution in [2.45, 2.75) is 26.4 Å². The Labute approximate surface area is 129 Å². The van der Waals surface area contributed by atoms with Gasteiger partial charge < -0.3 is 20.1 Å². The number of amides is 2. The SMILES string of the molecule is CC(C)(C)OC(=O)NCC#Cc1ccc2c(c1)OCC(=O)N2. The first-order valence-electron chi connectivity index (χ1n) is 6.86. The first kappa shape index (κ1) is 15.7. The molecule has 1 aromatic carbocycles. The molecule has 0 aromatic heterocycles. The van der Waals surface area contributed by atoms with E-state index in [0.717, 1.165) is 5.56 Å². The molecule has 1 aliphatic rings. The van der Waals surface area contributed by atoms with Gasteiger partial charge in [-0.1, -0.05) is 11.8 Å². The lowest BCUT2D eigenvalue weighted by atomic mass is 10.1. The fourth-order valence-electron chi connectivity index (χ4n) is 1.73. The largest absolute Gasteiger partial charge is 0.482 e. The van der Waals surface area contributed by atoms with E-state index in [2.05, 4.69) is 22.5 Å². The summed E-state index contributed by atoms with van der Waals surface area (Å²) in [6.07, 6.45) is -0.502. The van der Waals surface area contributed by atoms with Gasteiger partial charge in [0, 0.05) is 5.56 Å². The summed E-state index contributed by atoms with van der Waals surface area (Å²) in [5, 5.41) is 5.26. The van der Waals surface area contributed by atoms with Crippen LogP contribution in [0, 0.1) is 11.8 Å². The summed E-state index contributed by atoms with van der Waals surface area (Å²) < 4.78 is 10.4. The molecule has 22 heavy (non-hydrogen) atoms. The minimum atomic E-state index is -0.530. The van der Waals surface area contributed by atoms with Gasteiger partial charge in [0.25, 0.3) is 5.91 Å². The zero-order valence-electron chi connectivity index (χ0n) is 12.8. The van der Waals surface area contributed by atoms with Crippen molar-refractivity contribution in [3.8, 4) is 17.6 Å². The lowest BCUT2D eigenvalue weighted by Crippen LogP contribution is -2.32. The highest BCUT2D eigenvalue weighted by Gasteiger charge is 2.16. The number of hydrogen-bond donors (Lipinski definition) is 2. The summed E-state index contributed by atoms with van der Waals surface area (Å²) in [7, 11) is 0. The third kappa shape index (κ3) is 4.70. The molecule has 0 atom stereocenters. The fraction of sp³-hybridized carbons (Fsp3) is 0.375. The smallest absolute Gasteiger partial charge is 0.408 e. The molecule has 116 valence electrons. The maximum absolute atomic E-state index is 11.4. The van der Waals surface area contributed by atoms with Gasteiger partial charge in [-0.3, -0.25) is 4.79 Å². The number of carbonyl (C=O) groups excluding carboxylic acids is 2. The van der Waals surface area contributed by atoms with Crippen molar-refractivity contribution >= 4 is 17.7 Å². The van der Waals surface area contributed by atoms with Crippen molar-refractivity contribution in [2.24, 2.45) is 0 Å². The summed E-state index contributed by atoms with van der Waals surface area (Å²) >= 11 is 0. The summed E-state index contributed by atoms with van der Waals surface area (Å²) in [5.41, 5.74) is 0.840. The monoisotopic (exact) mass is 302 g/mol. The molecule has 0 radical (unpaired) electrons. The molecule has 1 aliphatic heterocycles. The predicted octanol–water partition coefficient (Wildman–Crippen LogP) is 1.89. The Hall–Kier alpha value is -2.68. The quantitative estimate of drug-likeness (QED) is 0.777. The van der Waals surface area contributed by atoms with E-state index in [9.17, 15) is 9.59 Å². The van der Waals surface area contributed by atoms with Crippen LogP contribution in [0.25, 0.3) is 0 Å². The number of carbonyl (C=O) groups is 2. The van der Waals surface area contributed by atoms with Crippen molar-refractivity contribution in [3.05, 3.63) is 23.8 Å². The first-order chi connectivity index (χ1) is 10.3. The van der Waals surface area contributed by atoms with Crippen LogP contribution in [0.3, 0.4) is 0 Å². The first-order valence-corrected chi connectivity index (χ1v) is 6.86. The maximum Gasteiger partial charge on any atom is 0.408 e. The van der Waals surface area contributed by atoms with Crippen molar-refractivity contribution in [1.82, 2.24) is 5.32 Å². The van der Waals surface area contributed by atoms with Crippen molar-refractivity contribution in [3.63, 3.8) is 0 Å². The number of ether oxygens (including phenoxy) is 2. The average Bonchev–Trinajstić information content (AvgIpc) is 2.41. The van der Waals surface area contributed by atoms with Gasteiger partial charge in [-0.25, -0.2) is 4.79 Å². The Bertz CT molecular complexity index is 650. The zero-order valence-corrected chi connectivity index (χ0v) is 12.8. The molecule has 6 nitrogen and oxygen atoms in total. The third-order valence-electron chi connectivity index (χ3n) is 2.57. The number of benzene rings is 1. The number of hydrogen-bond acceptors (Lipinski definition) is 4. The molecule has 0 unspecified atom stereocenters. The van der Waals surface area contributed by atoms with E-state index in [1.54, 1.807) is 39.0 Å². The lowest BCUT2D eigenvalue weighted by Gasteiger charge is -2.19. The minimum Gasteiger partial charge on any atom is -0.482 e. The van der Waals surface area contributed by atoms with E-state index in [4.69, 9.17) is 9.47 Å². The molecule has 0 fully saturated rings. The second kappa shape index (κ2) is 6.39. The van der Waals surface area contributed by atoms with E-state index in [1.807, 2.05) is 0 Å². The van der Waals surface area contributed by atoms with Gasteiger partial charge >= 0.3 is 6.09 Å². The van der Waals surface area contributed by atoms with E-state index in [1.165, 1.54) is 0 Å². The Morgan fingerprint density at radius 2 is 2.23 bits per heavy atom. The van der Waals surface area contributed by atoms with Crippen molar-refractivity contribution in [1.29, 1.82) is 0 Å². The molecule has 2 N–H and O–H groups in total. The number of fused-ring (bicyclic) bond motifs is 1. The van der Waals surface area contributed by atoms with E-state index in [0.29, 0.717) is 11.4 Å². The molecule has 0 aliphatic carbocycles. The van der Waals surface area contributed by atoms with Crippen molar-refractivity contribution < 1.29 is 19.1 Å². The fourth-order valence-corrected chi connectivity index (χ4v) is 1.73. The molecule has 2 rings (SSSR count). The van der Waals surface area contributed by atoms with Crippen LogP contribution in [0.15, 0.2) is 18.2 Å². The summed E-state index contributed by atoms with van der Waals surface area (Å²) in [4.78, 5) is 22.6. The Balaban J connectivity index is 1.90. The van der Waals surface area contributed by atoms with Gasteiger partial charge in [-0.15, -0.1) is 0 Å². The van der Waals surface area contributed by atoms with E-state index >= 15 is 0 Å². The minimum absolute atomic E-state index is 0.00405. The molecule has 0 bridgehead atoms. The van der Waals surface area contributed by atoms with Gasteiger partial charge in [-0.2, -0.15) is 0 Å². The highest BCUT2D eigenvalue weighted by molar-refractivity contribution is 5.95. The van der Waals surface area contributed by atoms with Gasteiger partial charge in [0.05, 0.1) is 12.2 Å². The van der Waals surface area contributed by atoms with Crippen LogP contribution in [-0.2, 0) is 9.53 Å². The van der Waals surface area contributed by atoms with Gasteiger partial charge in [0.15, 0.2) is 6.61 Å². The Morgan fingerprint density at radius 1 is 1.45 bits per heavy atom. The summed E-state index contributed by atoms with van der Waals surface area (Å²) in [6, 6.07) is 5.25. The maximum atomic E-state index is 11.4. The molecule has 2 amide bonds. The highest BCUT2D eigenvalue weighted by Crippen LogP contribution is 2.28. The standard InChI is InChI=1S/C16H18N2O4/c1-16(2,3)22-15(20)17-8-4-5-11-6-7-12-13(9-11)21-10-14(19)18-12/h6-7,9H,8,10H2,1-3H3,(H,17,20)(H,18,19). The van der Waals surface area contributed by atoms with Crippen LogP contribution in [-0.4, -0.2) is 30.8 Å². The van der Waals surface area contributed by atoms with Crippen LogP contribution in [0.4, 0.5) is 10.5 Å².